The highest BCUT2D eigenvalue weighted by molar-refractivity contribution is 7.98. The Kier molecular flexibility index (Phi) is 5.90. The van der Waals surface area contributed by atoms with Gasteiger partial charge in [-0.1, -0.05) is 23.5 Å². The van der Waals surface area contributed by atoms with E-state index in [2.05, 4.69) is 4.98 Å². The molecule has 4 nitrogen and oxygen atoms in total. The summed E-state index contributed by atoms with van der Waals surface area (Å²) in [7, 11) is 3.91. The summed E-state index contributed by atoms with van der Waals surface area (Å²) in [4.78, 5) is 22.2. The minimum Gasteiger partial charge on any atom is -0.308 e. The minimum absolute atomic E-state index is 0.123. The van der Waals surface area contributed by atoms with Gasteiger partial charge in [-0.25, -0.2) is 9.37 Å². The van der Waals surface area contributed by atoms with Crippen LogP contribution < -0.4 is 4.90 Å². The molecule has 0 aliphatic carbocycles. The van der Waals surface area contributed by atoms with Crippen LogP contribution in [0.1, 0.15) is 10.4 Å². The van der Waals surface area contributed by atoms with Gasteiger partial charge in [0.1, 0.15) is 11.3 Å². The van der Waals surface area contributed by atoms with Crippen molar-refractivity contribution in [2.24, 2.45) is 0 Å². The molecule has 0 fully saturated rings. The molecule has 7 heteroatoms. The maximum atomic E-state index is 14.0. The lowest BCUT2D eigenvalue weighted by Gasteiger charge is -2.22. The molecule has 0 unspecified atom stereocenters. The van der Waals surface area contributed by atoms with Gasteiger partial charge < -0.3 is 4.90 Å². The van der Waals surface area contributed by atoms with Crippen LogP contribution >= 0.6 is 23.1 Å². The Morgan fingerprint density at radius 2 is 1.96 bits per heavy atom. The molecule has 2 aromatic carbocycles. The standard InChI is InChI=1S/C19H20FN3OS2/c1-22(2)10-11-23(18(24)13-6-4-7-14(12-13)25-3)19-21-17-15(20)8-5-9-16(17)26-19/h4-9,12H,10-11H2,1-3H3. The Labute approximate surface area is 160 Å². The van der Waals surface area contributed by atoms with Crippen LogP contribution in [0.2, 0.25) is 0 Å². The summed E-state index contributed by atoms with van der Waals surface area (Å²) < 4.78 is 14.8. The molecule has 0 atom stereocenters. The fourth-order valence-corrected chi connectivity index (χ4v) is 3.98. The van der Waals surface area contributed by atoms with Crippen LogP contribution in [0.4, 0.5) is 9.52 Å². The fourth-order valence-electron chi connectivity index (χ4n) is 2.51. The SMILES string of the molecule is CSc1cccc(C(=O)N(CCN(C)C)c2nc3c(F)cccc3s2)c1. The number of anilines is 1. The van der Waals surface area contributed by atoms with E-state index in [0.29, 0.717) is 29.3 Å². The lowest BCUT2D eigenvalue weighted by atomic mass is 10.2. The molecule has 26 heavy (non-hydrogen) atoms. The van der Waals surface area contributed by atoms with Crippen LogP contribution in [-0.2, 0) is 0 Å². The third kappa shape index (κ3) is 4.06. The molecular formula is C19H20FN3OS2. The van der Waals surface area contributed by atoms with Crippen molar-refractivity contribution in [1.29, 1.82) is 0 Å². The monoisotopic (exact) mass is 389 g/mol. The molecule has 0 saturated carbocycles. The van der Waals surface area contributed by atoms with Gasteiger partial charge in [-0.2, -0.15) is 0 Å². The van der Waals surface area contributed by atoms with Crippen molar-refractivity contribution in [2.45, 2.75) is 4.90 Å². The number of para-hydroxylation sites is 1. The molecule has 1 heterocycles. The number of fused-ring (bicyclic) bond motifs is 1. The zero-order chi connectivity index (χ0) is 18.7. The lowest BCUT2D eigenvalue weighted by molar-refractivity contribution is 0.0985. The van der Waals surface area contributed by atoms with Gasteiger partial charge in [0.2, 0.25) is 0 Å². The summed E-state index contributed by atoms with van der Waals surface area (Å²) in [5.74, 6) is -0.489. The normalized spacial score (nSPS) is 11.3. The van der Waals surface area contributed by atoms with E-state index in [4.69, 9.17) is 0 Å². The van der Waals surface area contributed by atoms with E-state index in [1.807, 2.05) is 49.5 Å². The Hall–Kier alpha value is -1.96. The average Bonchev–Trinajstić information content (AvgIpc) is 3.07. The van der Waals surface area contributed by atoms with E-state index >= 15 is 0 Å². The lowest BCUT2D eigenvalue weighted by Crippen LogP contribution is -2.36. The molecule has 1 aromatic heterocycles. The van der Waals surface area contributed by atoms with Gasteiger partial charge in [0.25, 0.3) is 5.91 Å². The number of benzene rings is 2. The third-order valence-corrected chi connectivity index (χ3v) is 5.69. The van der Waals surface area contributed by atoms with Gasteiger partial charge in [0.05, 0.1) is 4.70 Å². The molecule has 0 bridgehead atoms. The molecular weight excluding hydrogens is 369 g/mol. The number of rotatable bonds is 6. The number of thiazole rings is 1. The van der Waals surface area contributed by atoms with Crippen LogP contribution in [0.5, 0.6) is 0 Å². The molecule has 0 aliphatic heterocycles. The van der Waals surface area contributed by atoms with Crippen LogP contribution in [0.3, 0.4) is 0 Å². The van der Waals surface area contributed by atoms with Gasteiger partial charge in [0.15, 0.2) is 5.13 Å². The molecule has 1 amide bonds. The summed E-state index contributed by atoms with van der Waals surface area (Å²) in [6.07, 6.45) is 1.98. The van der Waals surface area contributed by atoms with Crippen LogP contribution in [-0.4, -0.2) is 49.2 Å². The Morgan fingerprint density at radius 3 is 2.65 bits per heavy atom. The Balaban J connectivity index is 2.00. The highest BCUT2D eigenvalue weighted by atomic mass is 32.2. The Morgan fingerprint density at radius 1 is 1.19 bits per heavy atom. The zero-order valence-electron chi connectivity index (χ0n) is 14.9. The number of nitrogens with zero attached hydrogens (tertiary/aromatic N) is 3. The van der Waals surface area contributed by atoms with Crippen molar-refractivity contribution < 1.29 is 9.18 Å². The van der Waals surface area contributed by atoms with Crippen molar-refractivity contribution in [1.82, 2.24) is 9.88 Å². The molecule has 136 valence electrons. The highest BCUT2D eigenvalue weighted by Gasteiger charge is 2.22. The number of halogens is 1. The van der Waals surface area contributed by atoms with Gasteiger partial charge >= 0.3 is 0 Å². The van der Waals surface area contributed by atoms with Crippen LogP contribution in [0.15, 0.2) is 47.4 Å². The number of amides is 1. The number of hydrogen-bond donors (Lipinski definition) is 0. The summed E-state index contributed by atoms with van der Waals surface area (Å²) in [6, 6.07) is 12.4. The predicted molar refractivity (Wildman–Crippen MR) is 108 cm³/mol. The van der Waals surface area contributed by atoms with E-state index in [0.717, 1.165) is 9.60 Å². The first kappa shape index (κ1) is 18.8. The third-order valence-electron chi connectivity index (χ3n) is 3.92. The molecule has 0 N–H and O–H groups in total. The summed E-state index contributed by atoms with van der Waals surface area (Å²) in [6.45, 7) is 1.17. The van der Waals surface area contributed by atoms with E-state index in [1.54, 1.807) is 28.8 Å². The minimum atomic E-state index is -0.366. The predicted octanol–water partition coefficient (Wildman–Crippen LogP) is 4.37. The van der Waals surface area contributed by atoms with Crippen molar-refractivity contribution in [3.05, 3.63) is 53.8 Å². The Bertz CT molecular complexity index is 926. The first-order valence-corrected chi connectivity index (χ1v) is 10.2. The van der Waals surface area contributed by atoms with E-state index in [-0.39, 0.29) is 11.7 Å². The van der Waals surface area contributed by atoms with E-state index < -0.39 is 0 Å². The number of carbonyl (C=O) groups excluding carboxylic acids is 1. The summed E-state index contributed by atoms with van der Waals surface area (Å²) >= 11 is 2.92. The molecule has 0 spiro atoms. The molecule has 0 radical (unpaired) electrons. The smallest absolute Gasteiger partial charge is 0.260 e. The summed E-state index contributed by atoms with van der Waals surface area (Å²) in [5.41, 5.74) is 0.920. The van der Waals surface area contributed by atoms with E-state index in [9.17, 15) is 9.18 Å². The van der Waals surface area contributed by atoms with Crippen molar-refractivity contribution in [3.8, 4) is 0 Å². The molecule has 3 aromatic rings. The number of thioether (sulfide) groups is 1. The van der Waals surface area contributed by atoms with Crippen LogP contribution in [0.25, 0.3) is 10.2 Å². The van der Waals surface area contributed by atoms with Gasteiger partial charge in [-0.3, -0.25) is 9.69 Å². The van der Waals surface area contributed by atoms with Gasteiger partial charge in [-0.15, -0.1) is 11.8 Å². The van der Waals surface area contributed by atoms with Crippen molar-refractivity contribution in [2.75, 3.05) is 38.3 Å². The number of hydrogen-bond acceptors (Lipinski definition) is 5. The topological polar surface area (TPSA) is 36.4 Å². The summed E-state index contributed by atoms with van der Waals surface area (Å²) in [5, 5.41) is 0.520. The average molecular weight is 390 g/mol. The zero-order valence-corrected chi connectivity index (χ0v) is 16.5. The number of aromatic nitrogens is 1. The highest BCUT2D eigenvalue weighted by Crippen LogP contribution is 2.31. The molecule has 3 rings (SSSR count). The quantitative estimate of drug-likeness (QED) is 0.587. The van der Waals surface area contributed by atoms with Crippen LogP contribution in [0, 0.1) is 5.82 Å². The molecule has 0 aliphatic rings. The van der Waals surface area contributed by atoms with Gasteiger partial charge in [0, 0.05) is 23.5 Å². The maximum absolute atomic E-state index is 14.0. The molecule has 0 saturated heterocycles. The first-order valence-electron chi connectivity index (χ1n) is 8.15. The largest absolute Gasteiger partial charge is 0.308 e. The first-order chi connectivity index (χ1) is 12.5. The maximum Gasteiger partial charge on any atom is 0.260 e. The van der Waals surface area contributed by atoms with Gasteiger partial charge in [-0.05, 0) is 50.7 Å². The second-order valence-corrected chi connectivity index (χ2v) is 7.96. The van der Waals surface area contributed by atoms with E-state index in [1.165, 1.54) is 17.4 Å². The van der Waals surface area contributed by atoms with Crippen molar-refractivity contribution in [3.63, 3.8) is 0 Å². The number of likely N-dealkylation sites (N-methyl/N-ethyl adjacent to an activating group) is 1. The fraction of sp³-hybridized carbons (Fsp3) is 0.263. The number of carbonyl (C=O) groups is 1. The second-order valence-electron chi connectivity index (χ2n) is 6.08. The van der Waals surface area contributed by atoms with Crippen molar-refractivity contribution >= 4 is 44.4 Å². The second kappa shape index (κ2) is 8.16.